The SMILES string of the molecule is COc1ccc(NS(=O)(=O)c2c(C)nn(-c3ccc(-c4ccc(C)cc4)nn3)c2C)c(OC)c1. The van der Waals surface area contributed by atoms with E-state index in [4.69, 9.17) is 9.47 Å². The summed E-state index contributed by atoms with van der Waals surface area (Å²) in [5.41, 5.74) is 3.85. The molecule has 34 heavy (non-hydrogen) atoms. The molecule has 0 saturated heterocycles. The Morgan fingerprint density at radius 3 is 2.24 bits per heavy atom. The Hall–Kier alpha value is -3.92. The van der Waals surface area contributed by atoms with E-state index in [0.717, 1.165) is 11.1 Å². The Balaban J connectivity index is 1.66. The van der Waals surface area contributed by atoms with Gasteiger partial charge in [0.2, 0.25) is 0 Å². The van der Waals surface area contributed by atoms with Crippen LogP contribution in [0.4, 0.5) is 5.69 Å². The first-order valence-corrected chi connectivity index (χ1v) is 11.9. The molecule has 0 aliphatic rings. The first-order valence-electron chi connectivity index (χ1n) is 10.5. The van der Waals surface area contributed by atoms with Gasteiger partial charge in [0.1, 0.15) is 16.4 Å². The number of nitrogens with zero attached hydrogens (tertiary/aromatic N) is 4. The first kappa shape index (κ1) is 23.2. The predicted molar refractivity (Wildman–Crippen MR) is 129 cm³/mol. The van der Waals surface area contributed by atoms with Crippen LogP contribution < -0.4 is 14.2 Å². The molecule has 0 aliphatic carbocycles. The minimum atomic E-state index is -3.97. The predicted octanol–water partition coefficient (Wildman–Crippen LogP) is 4.07. The van der Waals surface area contributed by atoms with Gasteiger partial charge in [-0.2, -0.15) is 5.10 Å². The smallest absolute Gasteiger partial charge is 0.265 e. The number of ether oxygens (including phenoxy) is 2. The molecule has 0 amide bonds. The standard InChI is InChI=1S/C24H25N5O4S/c1-15-6-8-18(9-7-15)20-12-13-23(26-25-20)29-17(3)24(16(2)27-29)34(30,31)28-21-11-10-19(32-4)14-22(21)33-5/h6-14,28H,1-5H3. The van der Waals surface area contributed by atoms with Gasteiger partial charge in [-0.05, 0) is 45.0 Å². The van der Waals surface area contributed by atoms with Crippen LogP contribution in [0.15, 0.2) is 59.5 Å². The molecule has 2 aromatic carbocycles. The van der Waals surface area contributed by atoms with E-state index >= 15 is 0 Å². The van der Waals surface area contributed by atoms with E-state index in [0.29, 0.717) is 34.4 Å². The highest BCUT2D eigenvalue weighted by Gasteiger charge is 2.27. The second-order valence-electron chi connectivity index (χ2n) is 7.73. The topological polar surface area (TPSA) is 108 Å². The third-order valence-corrected chi connectivity index (χ3v) is 6.98. The fourth-order valence-electron chi connectivity index (χ4n) is 3.64. The maximum atomic E-state index is 13.3. The Labute approximate surface area is 198 Å². The van der Waals surface area contributed by atoms with Gasteiger partial charge in [0.05, 0.1) is 37.0 Å². The van der Waals surface area contributed by atoms with Gasteiger partial charge in [-0.1, -0.05) is 29.8 Å². The number of hydrogen-bond acceptors (Lipinski definition) is 7. The number of sulfonamides is 1. The van der Waals surface area contributed by atoms with Crippen LogP contribution in [0.25, 0.3) is 17.1 Å². The fraction of sp³-hybridized carbons (Fsp3) is 0.208. The summed E-state index contributed by atoms with van der Waals surface area (Å²) in [5.74, 6) is 1.30. The number of aromatic nitrogens is 4. The average Bonchev–Trinajstić information content (AvgIpc) is 3.14. The van der Waals surface area contributed by atoms with Crippen molar-refractivity contribution in [2.24, 2.45) is 0 Å². The van der Waals surface area contributed by atoms with Crippen LogP contribution in [0.1, 0.15) is 17.0 Å². The van der Waals surface area contributed by atoms with Gasteiger partial charge in [-0.15, -0.1) is 10.2 Å². The summed E-state index contributed by atoms with van der Waals surface area (Å²) in [6, 6.07) is 16.4. The van der Waals surface area contributed by atoms with Crippen molar-refractivity contribution in [1.29, 1.82) is 0 Å². The van der Waals surface area contributed by atoms with Crippen LogP contribution in [0.3, 0.4) is 0 Å². The number of hydrogen-bond donors (Lipinski definition) is 1. The summed E-state index contributed by atoms with van der Waals surface area (Å²) in [6.07, 6.45) is 0. The molecular formula is C24H25N5O4S. The van der Waals surface area contributed by atoms with Crippen molar-refractivity contribution < 1.29 is 17.9 Å². The number of rotatable bonds is 7. The molecule has 4 rings (SSSR count). The minimum absolute atomic E-state index is 0.0646. The van der Waals surface area contributed by atoms with Crippen LogP contribution in [0.5, 0.6) is 11.5 Å². The zero-order valence-corrected chi connectivity index (χ0v) is 20.3. The first-order chi connectivity index (χ1) is 16.2. The zero-order valence-electron chi connectivity index (χ0n) is 19.5. The highest BCUT2D eigenvalue weighted by Crippen LogP contribution is 2.32. The number of anilines is 1. The van der Waals surface area contributed by atoms with Gasteiger partial charge >= 0.3 is 0 Å². The molecule has 1 N–H and O–H groups in total. The summed E-state index contributed by atoms with van der Waals surface area (Å²) in [6.45, 7) is 5.33. The van der Waals surface area contributed by atoms with Gasteiger partial charge in [0.25, 0.3) is 10.0 Å². The van der Waals surface area contributed by atoms with Crippen molar-refractivity contribution in [1.82, 2.24) is 20.0 Å². The lowest BCUT2D eigenvalue weighted by molar-refractivity contribution is 0.395. The monoisotopic (exact) mass is 479 g/mol. The summed E-state index contributed by atoms with van der Waals surface area (Å²) < 4.78 is 41.1. The van der Waals surface area contributed by atoms with Gasteiger partial charge < -0.3 is 9.47 Å². The molecule has 10 heteroatoms. The van der Waals surface area contributed by atoms with Crippen molar-refractivity contribution in [2.45, 2.75) is 25.7 Å². The van der Waals surface area contributed by atoms with E-state index in [1.165, 1.54) is 18.9 Å². The minimum Gasteiger partial charge on any atom is -0.497 e. The normalized spacial score (nSPS) is 11.3. The Kier molecular flexibility index (Phi) is 6.25. The van der Waals surface area contributed by atoms with Gasteiger partial charge in [0.15, 0.2) is 5.82 Å². The average molecular weight is 480 g/mol. The number of aryl methyl sites for hydroxylation is 2. The molecule has 0 aliphatic heterocycles. The molecule has 9 nitrogen and oxygen atoms in total. The summed E-state index contributed by atoms with van der Waals surface area (Å²) in [4.78, 5) is 0.0646. The molecule has 176 valence electrons. The van der Waals surface area contributed by atoms with E-state index < -0.39 is 10.0 Å². The maximum absolute atomic E-state index is 13.3. The fourth-order valence-corrected chi connectivity index (χ4v) is 5.10. The molecule has 2 aromatic heterocycles. The van der Waals surface area contributed by atoms with Crippen molar-refractivity contribution in [3.05, 3.63) is 71.5 Å². The van der Waals surface area contributed by atoms with E-state index in [2.05, 4.69) is 20.0 Å². The zero-order chi connectivity index (χ0) is 24.5. The van der Waals surface area contributed by atoms with Crippen molar-refractivity contribution in [3.63, 3.8) is 0 Å². The largest absolute Gasteiger partial charge is 0.497 e. The Bertz CT molecular complexity index is 1430. The molecule has 0 unspecified atom stereocenters. The highest BCUT2D eigenvalue weighted by molar-refractivity contribution is 7.92. The second kappa shape index (κ2) is 9.14. The lowest BCUT2D eigenvalue weighted by Crippen LogP contribution is -2.15. The van der Waals surface area contributed by atoms with E-state index in [9.17, 15) is 8.42 Å². The third kappa shape index (κ3) is 4.44. The number of benzene rings is 2. The molecule has 0 spiro atoms. The Morgan fingerprint density at radius 1 is 0.882 bits per heavy atom. The van der Waals surface area contributed by atoms with Crippen LogP contribution in [0, 0.1) is 20.8 Å². The number of nitrogens with one attached hydrogen (secondary N) is 1. The molecule has 0 atom stereocenters. The molecular weight excluding hydrogens is 454 g/mol. The van der Waals surface area contributed by atoms with E-state index in [-0.39, 0.29) is 10.6 Å². The van der Waals surface area contributed by atoms with Crippen molar-refractivity contribution in [3.8, 4) is 28.6 Å². The summed E-state index contributed by atoms with van der Waals surface area (Å²) in [7, 11) is -0.989. The molecule has 0 radical (unpaired) electrons. The summed E-state index contributed by atoms with van der Waals surface area (Å²) in [5, 5.41) is 13.0. The lowest BCUT2D eigenvalue weighted by Gasteiger charge is -2.13. The quantitative estimate of drug-likeness (QED) is 0.426. The molecule has 4 aromatic rings. The van der Waals surface area contributed by atoms with Crippen molar-refractivity contribution >= 4 is 15.7 Å². The highest BCUT2D eigenvalue weighted by atomic mass is 32.2. The second-order valence-corrected chi connectivity index (χ2v) is 9.35. The van der Waals surface area contributed by atoms with Crippen molar-refractivity contribution in [2.75, 3.05) is 18.9 Å². The van der Waals surface area contributed by atoms with Crippen LogP contribution in [0.2, 0.25) is 0 Å². The van der Waals surface area contributed by atoms with Gasteiger partial charge in [-0.3, -0.25) is 4.72 Å². The van der Waals surface area contributed by atoms with Gasteiger partial charge in [-0.25, -0.2) is 13.1 Å². The van der Waals surface area contributed by atoms with Crippen LogP contribution in [-0.4, -0.2) is 42.6 Å². The van der Waals surface area contributed by atoms with Crippen LogP contribution >= 0.6 is 0 Å². The summed E-state index contributed by atoms with van der Waals surface area (Å²) >= 11 is 0. The van der Waals surface area contributed by atoms with E-state index in [1.54, 1.807) is 38.1 Å². The Morgan fingerprint density at radius 2 is 1.62 bits per heavy atom. The molecule has 0 bridgehead atoms. The maximum Gasteiger partial charge on any atom is 0.265 e. The third-order valence-electron chi connectivity index (χ3n) is 5.36. The molecule has 0 fully saturated rings. The molecule has 2 heterocycles. The lowest BCUT2D eigenvalue weighted by atomic mass is 10.1. The van der Waals surface area contributed by atoms with Crippen LogP contribution in [-0.2, 0) is 10.0 Å². The van der Waals surface area contributed by atoms with E-state index in [1.807, 2.05) is 37.3 Å². The number of methoxy groups -OCH3 is 2. The molecule has 0 saturated carbocycles. The van der Waals surface area contributed by atoms with Gasteiger partial charge in [0, 0.05) is 11.6 Å².